The SMILES string of the molecule is Cc1ccc(NC(=O)COC(=O)c2ccc(S(N)(=O)=O)o2)cc1S(=O)(=O)N(C)C. The van der Waals surface area contributed by atoms with Crippen molar-refractivity contribution in [3.05, 3.63) is 41.7 Å². The zero-order valence-electron chi connectivity index (χ0n) is 15.7. The normalized spacial score (nSPS) is 12.0. The molecule has 1 heterocycles. The molecule has 0 saturated heterocycles. The van der Waals surface area contributed by atoms with Crippen molar-refractivity contribution >= 4 is 37.6 Å². The third-order valence-electron chi connectivity index (χ3n) is 3.63. The Balaban J connectivity index is 2.05. The topological polar surface area (TPSA) is 166 Å². The van der Waals surface area contributed by atoms with E-state index >= 15 is 0 Å². The first-order valence-corrected chi connectivity index (χ1v) is 10.9. The van der Waals surface area contributed by atoms with Gasteiger partial charge in [-0.05, 0) is 36.8 Å². The molecule has 2 rings (SSSR count). The first-order valence-electron chi connectivity index (χ1n) is 7.95. The van der Waals surface area contributed by atoms with Crippen molar-refractivity contribution in [2.75, 3.05) is 26.0 Å². The molecule has 0 spiro atoms. The minimum Gasteiger partial charge on any atom is -0.450 e. The maximum absolute atomic E-state index is 12.3. The van der Waals surface area contributed by atoms with Gasteiger partial charge in [0.1, 0.15) is 0 Å². The number of carbonyl (C=O) groups is 2. The van der Waals surface area contributed by atoms with Gasteiger partial charge >= 0.3 is 5.97 Å². The van der Waals surface area contributed by atoms with Gasteiger partial charge in [-0.15, -0.1) is 0 Å². The van der Waals surface area contributed by atoms with Gasteiger partial charge in [0.05, 0.1) is 4.90 Å². The number of esters is 1. The summed E-state index contributed by atoms with van der Waals surface area (Å²) >= 11 is 0. The van der Waals surface area contributed by atoms with Crippen LogP contribution in [0.15, 0.2) is 44.7 Å². The number of amides is 1. The fourth-order valence-corrected chi connectivity index (χ4v) is 3.74. The van der Waals surface area contributed by atoms with Crippen LogP contribution in [0.25, 0.3) is 0 Å². The highest BCUT2D eigenvalue weighted by Crippen LogP contribution is 2.22. The molecule has 3 N–H and O–H groups in total. The van der Waals surface area contributed by atoms with E-state index in [2.05, 4.69) is 5.32 Å². The number of primary sulfonamides is 1. The highest BCUT2D eigenvalue weighted by molar-refractivity contribution is 7.89. The molecular weight excluding hydrogens is 426 g/mol. The molecule has 0 atom stereocenters. The summed E-state index contributed by atoms with van der Waals surface area (Å²) < 4.78 is 57.4. The maximum Gasteiger partial charge on any atom is 0.374 e. The average molecular weight is 445 g/mol. The quantitative estimate of drug-likeness (QED) is 0.573. The van der Waals surface area contributed by atoms with Crippen molar-refractivity contribution in [1.82, 2.24) is 4.31 Å². The van der Waals surface area contributed by atoms with Crippen LogP contribution >= 0.6 is 0 Å². The minimum absolute atomic E-state index is 0.0170. The number of nitrogens with zero attached hydrogens (tertiary/aromatic N) is 1. The van der Waals surface area contributed by atoms with Gasteiger partial charge in [-0.1, -0.05) is 6.07 Å². The predicted octanol–water partition coefficient (Wildman–Crippen LogP) is 0.281. The number of sulfonamides is 2. The number of nitrogens with two attached hydrogens (primary N) is 1. The summed E-state index contributed by atoms with van der Waals surface area (Å²) in [6.07, 6.45) is 0. The predicted molar refractivity (Wildman–Crippen MR) is 101 cm³/mol. The number of carbonyl (C=O) groups excluding carboxylic acids is 2. The number of anilines is 1. The molecule has 1 amide bonds. The van der Waals surface area contributed by atoms with E-state index in [4.69, 9.17) is 14.3 Å². The summed E-state index contributed by atoms with van der Waals surface area (Å²) in [5.41, 5.74) is 0.679. The standard InChI is InChI=1S/C16H19N3O8S2/c1-10-4-5-11(8-13(10)29(24,25)19(2)3)18-14(20)9-26-16(21)12-6-7-15(27-12)28(17,22)23/h4-8H,9H2,1-3H3,(H,18,20)(H2,17,22,23). The van der Waals surface area contributed by atoms with Crippen molar-refractivity contribution in [2.45, 2.75) is 16.9 Å². The van der Waals surface area contributed by atoms with Crippen molar-refractivity contribution < 1.29 is 35.6 Å². The lowest BCUT2D eigenvalue weighted by Crippen LogP contribution is -2.24. The zero-order chi connectivity index (χ0) is 22.0. The van der Waals surface area contributed by atoms with Crippen LogP contribution in [0.5, 0.6) is 0 Å². The molecule has 13 heteroatoms. The van der Waals surface area contributed by atoms with Crippen molar-refractivity contribution in [1.29, 1.82) is 0 Å². The monoisotopic (exact) mass is 445 g/mol. The van der Waals surface area contributed by atoms with E-state index in [1.165, 1.54) is 32.3 Å². The number of furan rings is 1. The molecule has 0 unspecified atom stereocenters. The number of hydrogen-bond donors (Lipinski definition) is 2. The van der Waals surface area contributed by atoms with Gasteiger partial charge in [0.2, 0.25) is 20.9 Å². The molecule has 158 valence electrons. The van der Waals surface area contributed by atoms with Crippen LogP contribution in [0.2, 0.25) is 0 Å². The fourth-order valence-electron chi connectivity index (χ4n) is 2.13. The summed E-state index contributed by atoms with van der Waals surface area (Å²) in [7, 11) is -5.06. The Kier molecular flexibility index (Phi) is 6.47. The highest BCUT2D eigenvalue weighted by Gasteiger charge is 2.21. The molecule has 0 aliphatic heterocycles. The minimum atomic E-state index is -4.12. The van der Waals surface area contributed by atoms with Gasteiger partial charge in [0, 0.05) is 19.8 Å². The number of aryl methyl sites for hydroxylation is 1. The van der Waals surface area contributed by atoms with Crippen LogP contribution in [0.4, 0.5) is 5.69 Å². The second-order valence-corrected chi connectivity index (χ2v) is 9.67. The summed E-state index contributed by atoms with van der Waals surface area (Å²) in [5.74, 6) is -2.26. The van der Waals surface area contributed by atoms with Crippen LogP contribution in [-0.4, -0.2) is 53.7 Å². The third kappa shape index (κ3) is 5.41. The zero-order valence-corrected chi connectivity index (χ0v) is 17.3. The maximum atomic E-state index is 12.3. The van der Waals surface area contributed by atoms with E-state index in [1.807, 2.05) is 0 Å². The first kappa shape index (κ1) is 22.5. The van der Waals surface area contributed by atoms with Gasteiger partial charge in [-0.2, -0.15) is 0 Å². The molecule has 0 aliphatic carbocycles. The van der Waals surface area contributed by atoms with Gasteiger partial charge in [-0.3, -0.25) is 4.79 Å². The Hall–Kier alpha value is -2.74. The lowest BCUT2D eigenvalue weighted by molar-refractivity contribution is -0.119. The molecular formula is C16H19N3O8S2. The number of benzene rings is 1. The second kappa shape index (κ2) is 8.32. The van der Waals surface area contributed by atoms with Crippen molar-refractivity contribution in [2.24, 2.45) is 5.14 Å². The van der Waals surface area contributed by atoms with Gasteiger partial charge < -0.3 is 14.5 Å². The molecule has 0 bridgehead atoms. The van der Waals surface area contributed by atoms with Crippen molar-refractivity contribution in [3.63, 3.8) is 0 Å². The van der Waals surface area contributed by atoms with E-state index in [0.717, 1.165) is 16.4 Å². The van der Waals surface area contributed by atoms with Crippen LogP contribution < -0.4 is 10.5 Å². The fraction of sp³-hybridized carbons (Fsp3) is 0.250. The molecule has 0 radical (unpaired) electrons. The Morgan fingerprint density at radius 3 is 2.34 bits per heavy atom. The number of ether oxygens (including phenoxy) is 1. The van der Waals surface area contributed by atoms with Crippen molar-refractivity contribution in [3.8, 4) is 0 Å². The molecule has 0 aliphatic rings. The molecule has 2 aromatic rings. The van der Waals surface area contributed by atoms with Crippen LogP contribution in [0, 0.1) is 6.92 Å². The summed E-state index contributed by atoms with van der Waals surface area (Å²) in [6.45, 7) is 0.900. The van der Waals surface area contributed by atoms with E-state index in [0.29, 0.717) is 5.56 Å². The summed E-state index contributed by atoms with van der Waals surface area (Å²) in [4.78, 5) is 23.8. The third-order valence-corrected chi connectivity index (χ3v) is 6.37. The van der Waals surface area contributed by atoms with Crippen LogP contribution in [0.1, 0.15) is 16.1 Å². The summed E-state index contributed by atoms with van der Waals surface area (Å²) in [5, 5.41) is 6.66. The molecule has 0 saturated carbocycles. The van der Waals surface area contributed by atoms with E-state index < -0.39 is 49.4 Å². The van der Waals surface area contributed by atoms with Gasteiger partial charge in [0.25, 0.3) is 15.9 Å². The Bertz CT molecular complexity index is 1150. The first-order chi connectivity index (χ1) is 13.3. The summed E-state index contributed by atoms with van der Waals surface area (Å²) in [6, 6.07) is 6.32. The smallest absolute Gasteiger partial charge is 0.374 e. The largest absolute Gasteiger partial charge is 0.450 e. The second-order valence-electron chi connectivity index (χ2n) is 6.06. The molecule has 0 fully saturated rings. The molecule has 1 aromatic carbocycles. The van der Waals surface area contributed by atoms with E-state index in [9.17, 15) is 26.4 Å². The van der Waals surface area contributed by atoms with Crippen LogP contribution in [0.3, 0.4) is 0 Å². The Morgan fingerprint density at radius 1 is 1.14 bits per heavy atom. The highest BCUT2D eigenvalue weighted by atomic mass is 32.2. The molecule has 1 aromatic heterocycles. The Morgan fingerprint density at radius 2 is 1.79 bits per heavy atom. The van der Waals surface area contributed by atoms with Crippen LogP contribution in [-0.2, 0) is 29.6 Å². The number of nitrogens with one attached hydrogen (secondary N) is 1. The lowest BCUT2D eigenvalue weighted by Gasteiger charge is -2.15. The van der Waals surface area contributed by atoms with E-state index in [-0.39, 0.29) is 10.6 Å². The average Bonchev–Trinajstić information content (AvgIpc) is 3.11. The van der Waals surface area contributed by atoms with Gasteiger partial charge in [0.15, 0.2) is 6.61 Å². The number of hydrogen-bond acceptors (Lipinski definition) is 8. The van der Waals surface area contributed by atoms with Gasteiger partial charge in [-0.25, -0.2) is 31.1 Å². The van der Waals surface area contributed by atoms with E-state index in [1.54, 1.807) is 6.92 Å². The molecule has 29 heavy (non-hydrogen) atoms. The molecule has 11 nitrogen and oxygen atoms in total. The Labute approximate surface area is 167 Å². The number of rotatable bonds is 7. The lowest BCUT2D eigenvalue weighted by atomic mass is 10.2.